The van der Waals surface area contributed by atoms with E-state index in [0.29, 0.717) is 6.42 Å². The third-order valence-electron chi connectivity index (χ3n) is 2.28. The van der Waals surface area contributed by atoms with Gasteiger partial charge in [0.2, 0.25) is 5.91 Å². The molecule has 0 bridgehead atoms. The van der Waals surface area contributed by atoms with Crippen LogP contribution in [0.2, 0.25) is 0 Å². The van der Waals surface area contributed by atoms with Crippen LogP contribution in [-0.2, 0) is 16.0 Å². The number of carbonyl (C=O) groups is 2. The van der Waals surface area contributed by atoms with Gasteiger partial charge in [-0.05, 0) is 25.6 Å². The number of aliphatic carboxylic acids is 1. The molecular weight excluding hydrogens is 266 g/mol. The molecule has 0 fully saturated rings. The number of primary amides is 1. The lowest BCUT2D eigenvalue weighted by molar-refractivity contribution is -0.139. The standard InChI is InChI=1S/C6H12N2O3.C6H7NO2/c1-8-4(6(10)11)2-3-5(7)9;8-7-4-3-6-2-1-5-9-6/h4,8H,2-3H2,1H3,(H2,7,9)(H,10,11);1-2,4-5,8H,3H2/t4-;/m0./s1. The lowest BCUT2D eigenvalue weighted by Gasteiger charge is -2.08. The molecule has 1 heterocycles. The Kier molecular flexibility index (Phi) is 9.32. The molecule has 1 aromatic heterocycles. The van der Waals surface area contributed by atoms with Gasteiger partial charge in [-0.25, -0.2) is 0 Å². The number of nitrogens with one attached hydrogen (secondary N) is 1. The summed E-state index contributed by atoms with van der Waals surface area (Å²) in [5, 5.41) is 21.8. The van der Waals surface area contributed by atoms with Gasteiger partial charge in [-0.15, -0.1) is 5.16 Å². The highest BCUT2D eigenvalue weighted by molar-refractivity contribution is 5.77. The van der Waals surface area contributed by atoms with Gasteiger partial charge in [0.15, 0.2) is 0 Å². The number of oxime groups is 1. The minimum absolute atomic E-state index is 0.0950. The molecule has 0 saturated heterocycles. The van der Waals surface area contributed by atoms with Crippen LogP contribution in [0.25, 0.3) is 0 Å². The van der Waals surface area contributed by atoms with E-state index in [9.17, 15) is 9.59 Å². The van der Waals surface area contributed by atoms with Gasteiger partial charge in [0.05, 0.1) is 12.5 Å². The van der Waals surface area contributed by atoms with Crippen molar-refractivity contribution in [2.24, 2.45) is 10.9 Å². The molecule has 112 valence electrons. The highest BCUT2D eigenvalue weighted by Crippen LogP contribution is 1.98. The van der Waals surface area contributed by atoms with Crippen molar-refractivity contribution in [3.63, 3.8) is 0 Å². The Morgan fingerprint density at radius 3 is 2.70 bits per heavy atom. The molecule has 1 amide bonds. The molecule has 0 unspecified atom stereocenters. The molecule has 0 saturated carbocycles. The average Bonchev–Trinajstić information content (AvgIpc) is 2.90. The number of nitrogens with zero attached hydrogens (tertiary/aromatic N) is 1. The van der Waals surface area contributed by atoms with E-state index in [4.69, 9.17) is 20.5 Å². The molecule has 8 nitrogen and oxygen atoms in total. The average molecular weight is 285 g/mol. The first kappa shape index (κ1) is 17.6. The Bertz CT molecular complexity index is 417. The third kappa shape index (κ3) is 8.70. The van der Waals surface area contributed by atoms with Crippen molar-refractivity contribution in [1.29, 1.82) is 0 Å². The Balaban J connectivity index is 0.000000367. The lowest BCUT2D eigenvalue weighted by Crippen LogP contribution is -2.34. The number of carboxylic acids is 1. The summed E-state index contributed by atoms with van der Waals surface area (Å²) < 4.78 is 4.93. The van der Waals surface area contributed by atoms with Gasteiger partial charge in [-0.2, -0.15) is 0 Å². The van der Waals surface area contributed by atoms with Gasteiger partial charge in [-0.1, -0.05) is 0 Å². The second-order valence-corrected chi connectivity index (χ2v) is 3.77. The minimum atomic E-state index is -0.964. The van der Waals surface area contributed by atoms with Crippen LogP contribution in [0.1, 0.15) is 18.6 Å². The van der Waals surface area contributed by atoms with Crippen molar-refractivity contribution >= 4 is 18.1 Å². The van der Waals surface area contributed by atoms with Gasteiger partial charge in [0, 0.05) is 12.8 Å². The summed E-state index contributed by atoms with van der Waals surface area (Å²) >= 11 is 0. The molecule has 0 spiro atoms. The Hall–Kier alpha value is -2.35. The highest BCUT2D eigenvalue weighted by atomic mass is 16.4. The van der Waals surface area contributed by atoms with Gasteiger partial charge in [0.25, 0.3) is 0 Å². The van der Waals surface area contributed by atoms with E-state index >= 15 is 0 Å². The quantitative estimate of drug-likeness (QED) is 0.321. The summed E-state index contributed by atoms with van der Waals surface area (Å²) in [5.74, 6) is -0.645. The number of furan rings is 1. The number of amides is 1. The van der Waals surface area contributed by atoms with E-state index in [1.54, 1.807) is 12.3 Å². The maximum atomic E-state index is 10.3. The molecule has 8 heteroatoms. The SMILES string of the molecule is CN[C@@H](CCC(N)=O)C(=O)O.ON=CCc1ccco1. The van der Waals surface area contributed by atoms with E-state index in [1.807, 2.05) is 6.07 Å². The Morgan fingerprint density at radius 2 is 2.30 bits per heavy atom. The van der Waals surface area contributed by atoms with Crippen LogP contribution in [0.4, 0.5) is 0 Å². The first-order valence-electron chi connectivity index (χ1n) is 5.87. The number of hydrogen-bond donors (Lipinski definition) is 4. The first-order chi connectivity index (χ1) is 9.51. The van der Waals surface area contributed by atoms with Crippen LogP contribution >= 0.6 is 0 Å². The summed E-state index contributed by atoms with van der Waals surface area (Å²) in [6, 6.07) is 2.94. The maximum absolute atomic E-state index is 10.3. The maximum Gasteiger partial charge on any atom is 0.320 e. The summed E-state index contributed by atoms with van der Waals surface area (Å²) in [6.45, 7) is 0. The van der Waals surface area contributed by atoms with Crippen LogP contribution in [0, 0.1) is 0 Å². The third-order valence-corrected chi connectivity index (χ3v) is 2.28. The summed E-state index contributed by atoms with van der Waals surface area (Å²) in [4.78, 5) is 20.6. The molecule has 0 aliphatic heterocycles. The summed E-state index contributed by atoms with van der Waals surface area (Å²) in [7, 11) is 1.53. The number of carboxylic acid groups (broad SMARTS) is 1. The molecule has 1 aromatic rings. The fraction of sp³-hybridized carbons (Fsp3) is 0.417. The Morgan fingerprint density at radius 1 is 1.60 bits per heavy atom. The van der Waals surface area contributed by atoms with Crippen LogP contribution in [0.3, 0.4) is 0 Å². The van der Waals surface area contributed by atoms with Crippen LogP contribution in [0.15, 0.2) is 28.0 Å². The van der Waals surface area contributed by atoms with Crippen molar-refractivity contribution in [2.45, 2.75) is 25.3 Å². The zero-order valence-electron chi connectivity index (χ0n) is 11.2. The molecule has 0 aromatic carbocycles. The van der Waals surface area contributed by atoms with Crippen molar-refractivity contribution < 1.29 is 24.3 Å². The minimum Gasteiger partial charge on any atom is -0.480 e. The second-order valence-electron chi connectivity index (χ2n) is 3.77. The van der Waals surface area contributed by atoms with Gasteiger partial charge < -0.3 is 25.8 Å². The van der Waals surface area contributed by atoms with E-state index in [-0.39, 0.29) is 12.8 Å². The molecule has 5 N–H and O–H groups in total. The van der Waals surface area contributed by atoms with Crippen LogP contribution in [0.5, 0.6) is 0 Å². The fourth-order valence-electron chi connectivity index (χ4n) is 1.24. The first-order valence-corrected chi connectivity index (χ1v) is 5.87. The number of rotatable bonds is 7. The summed E-state index contributed by atoms with van der Waals surface area (Å²) in [5.41, 5.74) is 4.84. The zero-order chi connectivity index (χ0) is 15.4. The van der Waals surface area contributed by atoms with E-state index < -0.39 is 17.9 Å². The molecule has 0 radical (unpaired) electrons. The fourth-order valence-corrected chi connectivity index (χ4v) is 1.24. The molecule has 0 aliphatic carbocycles. The number of likely N-dealkylation sites (N-methyl/N-ethyl adjacent to an activating group) is 1. The number of hydrogen-bond acceptors (Lipinski definition) is 6. The van der Waals surface area contributed by atoms with E-state index in [0.717, 1.165) is 5.76 Å². The largest absolute Gasteiger partial charge is 0.480 e. The van der Waals surface area contributed by atoms with E-state index in [1.165, 1.54) is 13.3 Å². The van der Waals surface area contributed by atoms with Crippen molar-refractivity contribution in [3.05, 3.63) is 24.2 Å². The number of nitrogens with two attached hydrogens (primary N) is 1. The zero-order valence-corrected chi connectivity index (χ0v) is 11.2. The van der Waals surface area contributed by atoms with Crippen LogP contribution < -0.4 is 11.1 Å². The van der Waals surface area contributed by atoms with Crippen molar-refractivity contribution in [3.8, 4) is 0 Å². The normalized spacial score (nSPS) is 11.7. The topological polar surface area (TPSA) is 138 Å². The predicted molar refractivity (Wildman–Crippen MR) is 71.6 cm³/mol. The lowest BCUT2D eigenvalue weighted by atomic mass is 10.1. The van der Waals surface area contributed by atoms with Crippen molar-refractivity contribution in [2.75, 3.05) is 7.05 Å². The molecule has 20 heavy (non-hydrogen) atoms. The molecular formula is C12H19N3O5. The molecule has 1 atom stereocenters. The van der Waals surface area contributed by atoms with Gasteiger partial charge >= 0.3 is 5.97 Å². The smallest absolute Gasteiger partial charge is 0.320 e. The highest BCUT2D eigenvalue weighted by Gasteiger charge is 2.14. The van der Waals surface area contributed by atoms with E-state index in [2.05, 4.69) is 10.5 Å². The molecule has 0 aliphatic rings. The second kappa shape index (κ2) is 10.6. The summed E-state index contributed by atoms with van der Waals surface area (Å²) in [6.07, 6.45) is 3.84. The van der Waals surface area contributed by atoms with Gasteiger partial charge in [-0.3, -0.25) is 9.59 Å². The predicted octanol–water partition coefficient (Wildman–Crippen LogP) is 0.207. The number of carbonyl (C=O) groups excluding carboxylic acids is 1. The van der Waals surface area contributed by atoms with Crippen LogP contribution in [-0.4, -0.2) is 41.5 Å². The molecule has 1 rings (SSSR count). The monoisotopic (exact) mass is 285 g/mol. The Labute approximate surface area is 116 Å². The van der Waals surface area contributed by atoms with Crippen molar-refractivity contribution in [1.82, 2.24) is 5.32 Å². The van der Waals surface area contributed by atoms with Gasteiger partial charge in [0.1, 0.15) is 11.8 Å².